The van der Waals surface area contributed by atoms with E-state index >= 15 is 4.39 Å². The second-order valence-corrected chi connectivity index (χ2v) is 9.27. The van der Waals surface area contributed by atoms with Crippen molar-refractivity contribution in [2.24, 2.45) is 12.0 Å². The third kappa shape index (κ3) is 7.38. The Bertz CT molecular complexity index is 1810. The van der Waals surface area contributed by atoms with Gasteiger partial charge in [0, 0.05) is 20.2 Å². The Morgan fingerprint density at radius 1 is 0.977 bits per heavy atom. The van der Waals surface area contributed by atoms with E-state index in [1.54, 1.807) is 58.2 Å². The highest BCUT2D eigenvalue weighted by Crippen LogP contribution is 2.25. The van der Waals surface area contributed by atoms with E-state index in [-0.39, 0.29) is 29.0 Å². The molecule has 0 radical (unpaired) electrons. The molecule has 9 nitrogen and oxygen atoms in total. The number of hydrogen-bond acceptors (Lipinski definition) is 6. The Morgan fingerprint density at radius 2 is 1.60 bits per heavy atom. The average Bonchev–Trinajstić information content (AvgIpc) is 3.00. The van der Waals surface area contributed by atoms with Crippen molar-refractivity contribution >= 4 is 17.2 Å². The molecule has 43 heavy (non-hydrogen) atoms. The summed E-state index contributed by atoms with van der Waals surface area (Å²) in [5.41, 5.74) is -0.229. The van der Waals surface area contributed by atoms with Crippen molar-refractivity contribution in [2.45, 2.75) is 55.0 Å². The van der Waals surface area contributed by atoms with Crippen LogP contribution in [0.1, 0.15) is 52.7 Å². The Morgan fingerprint density at radius 3 is 2.14 bits per heavy atom. The number of methoxy groups -OCH3 is 1. The summed E-state index contributed by atoms with van der Waals surface area (Å²) < 4.78 is 29.7. The first-order valence-corrected chi connectivity index (χ1v) is 14.1. The van der Waals surface area contributed by atoms with Gasteiger partial charge in [0.05, 0.1) is 25.6 Å². The fourth-order valence-corrected chi connectivity index (χ4v) is 4.20. The van der Waals surface area contributed by atoms with E-state index in [1.807, 2.05) is 27.7 Å². The Hall–Kier alpha value is -4.73. The van der Waals surface area contributed by atoms with Crippen LogP contribution in [0.5, 0.6) is 11.5 Å². The highest BCUT2D eigenvalue weighted by atomic mass is 19.1. The Labute approximate surface area is 251 Å². The third-order valence-corrected chi connectivity index (χ3v) is 6.27. The van der Waals surface area contributed by atoms with Crippen LogP contribution < -0.4 is 26.3 Å². The number of halogens is 1. The lowest BCUT2D eigenvalue weighted by molar-refractivity contribution is 0.414. The summed E-state index contributed by atoms with van der Waals surface area (Å²) in [6, 6.07) is 12.4. The van der Waals surface area contributed by atoms with Crippen molar-refractivity contribution in [2.75, 3.05) is 14.2 Å². The number of rotatable bonds is 7. The molecule has 0 fully saturated rings. The molecule has 0 saturated heterocycles. The molecule has 0 saturated carbocycles. The van der Waals surface area contributed by atoms with Crippen LogP contribution in [0.25, 0.3) is 16.7 Å². The van der Waals surface area contributed by atoms with E-state index in [9.17, 15) is 14.4 Å². The SMILES string of the molecule is CC.CC.CN=CC(Oc1cc(=O)n(C)c2c1c(=O)n(Cc1ccc(OC)cc1)c(=O)n2-c1ccc(C)cc1F)=C(C)C. The second-order valence-electron chi connectivity index (χ2n) is 9.27. The molecule has 4 aromatic rings. The van der Waals surface area contributed by atoms with Gasteiger partial charge in [-0.2, -0.15) is 0 Å². The number of hydrogen-bond donors (Lipinski definition) is 0. The van der Waals surface area contributed by atoms with Crippen molar-refractivity contribution in [3.63, 3.8) is 0 Å². The molecule has 0 unspecified atom stereocenters. The van der Waals surface area contributed by atoms with Gasteiger partial charge in [0.2, 0.25) is 0 Å². The number of aliphatic imine (C=N–C) groups is 1. The molecule has 2 aromatic carbocycles. The van der Waals surface area contributed by atoms with Crippen LogP contribution in [0.3, 0.4) is 0 Å². The number of pyridine rings is 1. The lowest BCUT2D eigenvalue weighted by Crippen LogP contribution is -2.42. The molecule has 10 heteroatoms. The summed E-state index contributed by atoms with van der Waals surface area (Å²) >= 11 is 0. The number of aromatic nitrogens is 3. The minimum atomic E-state index is -0.809. The van der Waals surface area contributed by atoms with Crippen LogP contribution in [0, 0.1) is 12.7 Å². The third-order valence-electron chi connectivity index (χ3n) is 6.27. The number of ether oxygens (including phenoxy) is 2. The summed E-state index contributed by atoms with van der Waals surface area (Å²) in [7, 11) is 4.51. The van der Waals surface area contributed by atoms with Gasteiger partial charge < -0.3 is 9.47 Å². The largest absolute Gasteiger partial charge is 0.497 e. The first-order chi connectivity index (χ1) is 20.6. The normalized spacial score (nSPS) is 10.5. The van der Waals surface area contributed by atoms with Gasteiger partial charge >= 0.3 is 5.69 Å². The fourth-order valence-electron chi connectivity index (χ4n) is 4.20. The quantitative estimate of drug-likeness (QED) is 0.200. The number of nitrogens with zero attached hydrogens (tertiary/aromatic N) is 4. The minimum absolute atomic E-state index is 0.0616. The van der Waals surface area contributed by atoms with E-state index < -0.39 is 22.6 Å². The van der Waals surface area contributed by atoms with E-state index in [4.69, 9.17) is 9.47 Å². The zero-order chi connectivity index (χ0) is 32.4. The van der Waals surface area contributed by atoms with E-state index in [1.165, 1.54) is 38.6 Å². The van der Waals surface area contributed by atoms with Crippen LogP contribution in [-0.2, 0) is 13.6 Å². The van der Waals surface area contributed by atoms with Gasteiger partial charge in [-0.1, -0.05) is 45.9 Å². The van der Waals surface area contributed by atoms with E-state index in [0.717, 1.165) is 19.3 Å². The molecule has 4 rings (SSSR count). The highest BCUT2D eigenvalue weighted by molar-refractivity contribution is 5.85. The van der Waals surface area contributed by atoms with E-state index in [0.29, 0.717) is 22.6 Å². The first kappa shape index (κ1) is 34.5. The lowest BCUT2D eigenvalue weighted by Gasteiger charge is -2.19. The molecule has 2 heterocycles. The number of aryl methyl sites for hydroxylation is 2. The van der Waals surface area contributed by atoms with Crippen molar-refractivity contribution in [3.05, 3.63) is 108 Å². The summed E-state index contributed by atoms with van der Waals surface area (Å²) in [5.74, 6) is 0.183. The molecule has 2 aromatic heterocycles. The molecule has 0 spiro atoms. The topological polar surface area (TPSA) is 96.8 Å². The molecule has 230 valence electrons. The summed E-state index contributed by atoms with van der Waals surface area (Å²) in [5, 5.41) is -0.0616. The average molecular weight is 593 g/mol. The summed E-state index contributed by atoms with van der Waals surface area (Å²) in [6.45, 7) is 13.2. The molecule has 0 amide bonds. The monoisotopic (exact) mass is 592 g/mol. The molecular weight excluding hydrogens is 551 g/mol. The molecular formula is C33H41FN4O5. The van der Waals surface area contributed by atoms with Crippen molar-refractivity contribution in [3.8, 4) is 17.2 Å². The molecule has 0 bridgehead atoms. The number of allylic oxidation sites excluding steroid dienone is 2. The lowest BCUT2D eigenvalue weighted by atomic mass is 10.2. The minimum Gasteiger partial charge on any atom is -0.497 e. The van der Waals surface area contributed by atoms with Gasteiger partial charge in [-0.15, -0.1) is 0 Å². The number of fused-ring (bicyclic) bond motifs is 1. The summed E-state index contributed by atoms with van der Waals surface area (Å²) in [4.78, 5) is 44.9. The Kier molecular flexibility index (Phi) is 12.4. The maximum Gasteiger partial charge on any atom is 0.337 e. The molecule has 0 aliphatic carbocycles. The predicted octanol–water partition coefficient (Wildman–Crippen LogP) is 5.78. The maximum atomic E-state index is 15.3. The molecule has 0 aliphatic heterocycles. The molecule has 0 N–H and O–H groups in total. The second kappa shape index (κ2) is 15.5. The van der Waals surface area contributed by atoms with Crippen LogP contribution >= 0.6 is 0 Å². The van der Waals surface area contributed by atoms with Crippen LogP contribution in [0.2, 0.25) is 0 Å². The smallest absolute Gasteiger partial charge is 0.337 e. The van der Waals surface area contributed by atoms with Crippen molar-refractivity contribution in [1.29, 1.82) is 0 Å². The van der Waals surface area contributed by atoms with Gasteiger partial charge in [0.15, 0.2) is 0 Å². The van der Waals surface area contributed by atoms with Gasteiger partial charge in [0.25, 0.3) is 11.1 Å². The van der Waals surface area contributed by atoms with E-state index in [2.05, 4.69) is 4.99 Å². The maximum absolute atomic E-state index is 15.3. The van der Waals surface area contributed by atoms with Crippen molar-refractivity contribution < 1.29 is 13.9 Å². The number of benzene rings is 2. The zero-order valence-electron chi connectivity index (χ0n) is 26.6. The van der Waals surface area contributed by atoms with Crippen LogP contribution in [-0.4, -0.2) is 34.1 Å². The first-order valence-electron chi connectivity index (χ1n) is 14.1. The fraction of sp³-hybridized carbons (Fsp3) is 0.333. The van der Waals surface area contributed by atoms with Crippen molar-refractivity contribution in [1.82, 2.24) is 13.7 Å². The Balaban J connectivity index is 0.00000155. The van der Waals surface area contributed by atoms with Gasteiger partial charge in [-0.25, -0.2) is 13.8 Å². The standard InChI is InChI=1S/C29H29FN4O5.2C2H6/c1-17(2)24(15-31-4)39-23-14-25(35)32(5)27-26(23)28(36)33(16-19-8-10-20(38-6)11-9-19)29(37)34(27)22-12-7-18(3)13-21(22)30;2*1-2/h7-15H,16H2,1-6H3;2*1-2H3. The van der Waals surface area contributed by atoms with Crippen LogP contribution in [0.4, 0.5) is 4.39 Å². The van der Waals surface area contributed by atoms with Gasteiger partial charge in [-0.3, -0.25) is 23.7 Å². The summed E-state index contributed by atoms with van der Waals surface area (Å²) in [6.07, 6.45) is 1.46. The molecule has 0 atom stereocenters. The van der Waals surface area contributed by atoms with Crippen LogP contribution in [0.15, 0.2) is 79.2 Å². The molecule has 0 aliphatic rings. The van der Waals surface area contributed by atoms with Gasteiger partial charge in [0.1, 0.15) is 34.1 Å². The van der Waals surface area contributed by atoms with Gasteiger partial charge in [-0.05, 0) is 61.7 Å². The zero-order valence-corrected chi connectivity index (χ0v) is 26.6. The predicted molar refractivity (Wildman–Crippen MR) is 172 cm³/mol. The highest BCUT2D eigenvalue weighted by Gasteiger charge is 2.24.